The number of aromatic nitrogens is 2. The highest BCUT2D eigenvalue weighted by atomic mass is 35.5. The Morgan fingerprint density at radius 1 is 1.25 bits per heavy atom. The first-order chi connectivity index (χ1) is 13.5. The van der Waals surface area contributed by atoms with E-state index in [4.69, 9.17) is 16.3 Å². The Morgan fingerprint density at radius 2 is 2.04 bits per heavy atom. The van der Waals surface area contributed by atoms with Crippen molar-refractivity contribution in [2.75, 3.05) is 19.7 Å². The molecule has 1 aliphatic rings. The predicted octanol–water partition coefficient (Wildman–Crippen LogP) is 4.46. The Bertz CT molecular complexity index is 799. The molecule has 8 heteroatoms. The Morgan fingerprint density at radius 3 is 2.71 bits per heavy atom. The van der Waals surface area contributed by atoms with Crippen molar-refractivity contribution in [1.82, 2.24) is 14.9 Å². The molecule has 1 aromatic carbocycles. The molecule has 0 bridgehead atoms. The minimum absolute atomic E-state index is 0.0913. The van der Waals surface area contributed by atoms with E-state index >= 15 is 4.39 Å². The lowest BCUT2D eigenvalue weighted by molar-refractivity contribution is 0.0382. The van der Waals surface area contributed by atoms with Crippen molar-refractivity contribution in [3.8, 4) is 5.88 Å². The number of rotatable bonds is 7. The normalized spacial score (nSPS) is 16.0. The molecule has 0 spiro atoms. The van der Waals surface area contributed by atoms with Gasteiger partial charge in [-0.1, -0.05) is 11.6 Å². The van der Waals surface area contributed by atoms with Crippen LogP contribution in [0, 0.1) is 5.82 Å². The van der Waals surface area contributed by atoms with E-state index in [9.17, 15) is 9.18 Å². The molecule has 1 fully saturated rings. The van der Waals surface area contributed by atoms with Crippen molar-refractivity contribution in [2.24, 2.45) is 0 Å². The SMILES string of the molecule is O=C(c1ccc(F)c(Cl)c1)N1CCC(F)(CCCCOc2cnccn2)CC1. The number of carbonyl (C=O) groups excluding carboxylic acids is 1. The van der Waals surface area contributed by atoms with Gasteiger partial charge in [0.05, 0.1) is 17.8 Å². The van der Waals surface area contributed by atoms with Crippen molar-refractivity contribution in [2.45, 2.75) is 37.8 Å². The lowest BCUT2D eigenvalue weighted by atomic mass is 9.88. The maximum absolute atomic E-state index is 15.0. The standard InChI is InChI=1S/C20H22ClF2N3O2/c21-16-13-15(3-4-17(16)22)19(27)26-10-6-20(23,7-11-26)5-1-2-12-28-18-14-24-8-9-25-18/h3-4,8-9,13-14H,1-2,5-7,10-12H2. The first-order valence-corrected chi connectivity index (χ1v) is 9.67. The van der Waals surface area contributed by atoms with Crippen LogP contribution in [0.1, 0.15) is 42.5 Å². The molecule has 5 nitrogen and oxygen atoms in total. The van der Waals surface area contributed by atoms with Gasteiger partial charge in [-0.15, -0.1) is 0 Å². The van der Waals surface area contributed by atoms with E-state index in [1.807, 2.05) is 0 Å². The van der Waals surface area contributed by atoms with Gasteiger partial charge >= 0.3 is 0 Å². The minimum Gasteiger partial charge on any atom is -0.477 e. The number of unbranched alkanes of at least 4 members (excludes halogenated alkanes) is 1. The van der Waals surface area contributed by atoms with Crippen molar-refractivity contribution in [1.29, 1.82) is 0 Å². The zero-order valence-corrected chi connectivity index (χ0v) is 16.2. The summed E-state index contributed by atoms with van der Waals surface area (Å²) >= 11 is 5.74. The highest BCUT2D eigenvalue weighted by Gasteiger charge is 2.35. The third kappa shape index (κ3) is 5.38. The van der Waals surface area contributed by atoms with Crippen LogP contribution in [0.4, 0.5) is 8.78 Å². The van der Waals surface area contributed by atoms with E-state index in [0.29, 0.717) is 56.8 Å². The second kappa shape index (κ2) is 9.28. The predicted molar refractivity (Wildman–Crippen MR) is 102 cm³/mol. The molecule has 0 N–H and O–H groups in total. The first kappa shape index (κ1) is 20.5. The third-order valence-corrected chi connectivity index (χ3v) is 5.21. The van der Waals surface area contributed by atoms with Crippen molar-refractivity contribution in [3.63, 3.8) is 0 Å². The number of alkyl halides is 1. The maximum Gasteiger partial charge on any atom is 0.253 e. The monoisotopic (exact) mass is 409 g/mol. The molecular weight excluding hydrogens is 388 g/mol. The van der Waals surface area contributed by atoms with E-state index in [2.05, 4.69) is 9.97 Å². The molecule has 0 radical (unpaired) electrons. The van der Waals surface area contributed by atoms with Crippen LogP contribution in [-0.2, 0) is 0 Å². The summed E-state index contributed by atoms with van der Waals surface area (Å²) in [5.74, 6) is -0.352. The van der Waals surface area contributed by atoms with Gasteiger partial charge in [0.15, 0.2) is 0 Å². The average molecular weight is 410 g/mol. The van der Waals surface area contributed by atoms with E-state index < -0.39 is 11.5 Å². The summed E-state index contributed by atoms with van der Waals surface area (Å²) < 4.78 is 33.7. The lowest BCUT2D eigenvalue weighted by Crippen LogP contribution is -2.44. The second-order valence-corrected chi connectivity index (χ2v) is 7.33. The van der Waals surface area contributed by atoms with Crippen LogP contribution in [0.2, 0.25) is 5.02 Å². The van der Waals surface area contributed by atoms with Crippen LogP contribution in [0.15, 0.2) is 36.8 Å². The highest BCUT2D eigenvalue weighted by molar-refractivity contribution is 6.31. The molecular formula is C20H22ClF2N3O2. The molecule has 1 aliphatic heterocycles. The summed E-state index contributed by atoms with van der Waals surface area (Å²) in [6.45, 7) is 1.13. The van der Waals surface area contributed by atoms with Crippen LogP contribution in [0.25, 0.3) is 0 Å². The van der Waals surface area contributed by atoms with Gasteiger partial charge in [-0.3, -0.25) is 9.78 Å². The van der Waals surface area contributed by atoms with Gasteiger partial charge in [-0.25, -0.2) is 13.8 Å². The summed E-state index contributed by atoms with van der Waals surface area (Å²) in [6, 6.07) is 3.88. The Kier molecular flexibility index (Phi) is 6.78. The number of hydrogen-bond donors (Lipinski definition) is 0. The van der Waals surface area contributed by atoms with Crippen LogP contribution < -0.4 is 4.74 Å². The van der Waals surface area contributed by atoms with Gasteiger partial charge < -0.3 is 9.64 Å². The molecule has 28 heavy (non-hydrogen) atoms. The highest BCUT2D eigenvalue weighted by Crippen LogP contribution is 2.32. The molecule has 2 aromatic rings. The van der Waals surface area contributed by atoms with Gasteiger partial charge in [0.2, 0.25) is 5.88 Å². The summed E-state index contributed by atoms with van der Waals surface area (Å²) in [4.78, 5) is 22.0. The van der Waals surface area contributed by atoms with E-state index in [0.717, 1.165) is 6.42 Å². The Balaban J connectivity index is 1.40. The summed E-state index contributed by atoms with van der Waals surface area (Å²) in [5, 5.41) is -0.0913. The number of halogens is 3. The van der Waals surface area contributed by atoms with Gasteiger partial charge in [0.1, 0.15) is 11.5 Å². The van der Waals surface area contributed by atoms with E-state index in [-0.39, 0.29) is 10.9 Å². The molecule has 3 rings (SSSR count). The Labute approximate surface area is 167 Å². The fraction of sp³-hybridized carbons (Fsp3) is 0.450. The second-order valence-electron chi connectivity index (χ2n) is 6.92. The van der Waals surface area contributed by atoms with Crippen molar-refractivity contribution < 1.29 is 18.3 Å². The minimum atomic E-state index is -1.27. The number of ether oxygens (including phenoxy) is 1. The van der Waals surface area contributed by atoms with Crippen LogP contribution in [-0.4, -0.2) is 46.1 Å². The summed E-state index contributed by atoms with van der Waals surface area (Å²) in [5.41, 5.74) is -0.956. The number of amides is 1. The van der Waals surface area contributed by atoms with Crippen molar-refractivity contribution in [3.05, 3.63) is 53.2 Å². The van der Waals surface area contributed by atoms with Gasteiger partial charge in [0, 0.05) is 31.0 Å². The zero-order valence-electron chi connectivity index (χ0n) is 15.4. The molecule has 150 valence electrons. The van der Waals surface area contributed by atoms with Gasteiger partial charge in [-0.05, 0) is 50.3 Å². The number of hydrogen-bond acceptors (Lipinski definition) is 4. The van der Waals surface area contributed by atoms with Gasteiger partial charge in [0.25, 0.3) is 5.91 Å². The molecule has 1 saturated heterocycles. The number of benzene rings is 1. The number of carbonyl (C=O) groups is 1. The molecule has 1 amide bonds. The van der Waals surface area contributed by atoms with Crippen LogP contribution in [0.5, 0.6) is 5.88 Å². The quantitative estimate of drug-likeness (QED) is 0.633. The molecule has 0 atom stereocenters. The fourth-order valence-electron chi connectivity index (χ4n) is 3.25. The first-order valence-electron chi connectivity index (χ1n) is 9.29. The summed E-state index contributed by atoms with van der Waals surface area (Å²) in [6.07, 6.45) is 7.09. The van der Waals surface area contributed by atoms with E-state index in [1.54, 1.807) is 17.3 Å². The average Bonchev–Trinajstić information content (AvgIpc) is 2.71. The lowest BCUT2D eigenvalue weighted by Gasteiger charge is -2.36. The van der Waals surface area contributed by atoms with Crippen LogP contribution >= 0.6 is 11.6 Å². The number of nitrogens with zero attached hydrogens (tertiary/aromatic N) is 3. The number of piperidine rings is 1. The van der Waals surface area contributed by atoms with Crippen LogP contribution in [0.3, 0.4) is 0 Å². The molecule has 2 heterocycles. The smallest absolute Gasteiger partial charge is 0.253 e. The topological polar surface area (TPSA) is 55.3 Å². The third-order valence-electron chi connectivity index (χ3n) is 4.92. The maximum atomic E-state index is 15.0. The molecule has 0 saturated carbocycles. The Hall–Kier alpha value is -2.28. The fourth-order valence-corrected chi connectivity index (χ4v) is 3.43. The molecule has 0 unspecified atom stereocenters. The zero-order chi connectivity index (χ0) is 20.0. The number of likely N-dealkylation sites (tertiary alicyclic amines) is 1. The van der Waals surface area contributed by atoms with Gasteiger partial charge in [-0.2, -0.15) is 0 Å². The van der Waals surface area contributed by atoms with E-state index in [1.165, 1.54) is 24.4 Å². The molecule has 0 aliphatic carbocycles. The van der Waals surface area contributed by atoms with Crippen molar-refractivity contribution >= 4 is 17.5 Å². The largest absolute Gasteiger partial charge is 0.477 e. The summed E-state index contributed by atoms with van der Waals surface area (Å²) in [7, 11) is 0. The molecule has 1 aromatic heterocycles.